The van der Waals surface area contributed by atoms with E-state index in [1.54, 1.807) is 11.3 Å². The van der Waals surface area contributed by atoms with Gasteiger partial charge in [0.25, 0.3) is 0 Å². The molecule has 1 fully saturated rings. The number of carbonyl (C=O) groups is 2. The number of quaternary nitrogens is 1. The van der Waals surface area contributed by atoms with Gasteiger partial charge in [-0.1, -0.05) is 12.1 Å². The molecule has 1 saturated heterocycles. The molecule has 1 aliphatic rings. The summed E-state index contributed by atoms with van der Waals surface area (Å²) in [6.45, 7) is 6.27. The number of ketones is 1. The molecule has 1 aliphatic heterocycles. The number of fused-ring (bicyclic) bond motifs is 1. The number of carbonyl (C=O) groups excluding carboxylic acids is 2. The minimum Gasteiger partial charge on any atom is -0.331 e. The van der Waals surface area contributed by atoms with E-state index in [-0.39, 0.29) is 11.7 Å². The molecule has 1 amide bonds. The Labute approximate surface area is 172 Å². The largest absolute Gasteiger partial charge is 0.331 e. The van der Waals surface area contributed by atoms with E-state index in [9.17, 15) is 9.59 Å². The van der Waals surface area contributed by atoms with Gasteiger partial charge in [-0.15, -0.1) is 22.7 Å². The van der Waals surface area contributed by atoms with E-state index in [0.29, 0.717) is 12.8 Å². The van der Waals surface area contributed by atoms with Crippen molar-refractivity contribution in [2.24, 2.45) is 0 Å². The highest BCUT2D eigenvalue weighted by Crippen LogP contribution is 2.21. The number of aryl methyl sites for hydroxylation is 1. The molecule has 5 nitrogen and oxygen atoms in total. The van der Waals surface area contributed by atoms with Crippen LogP contribution in [0.15, 0.2) is 36.4 Å². The average molecular weight is 415 g/mol. The van der Waals surface area contributed by atoms with Gasteiger partial charge in [0.1, 0.15) is 11.6 Å². The van der Waals surface area contributed by atoms with Gasteiger partial charge in [0.05, 0.1) is 41.3 Å². The predicted octanol–water partition coefficient (Wildman–Crippen LogP) is 2.56. The first-order valence-electron chi connectivity index (χ1n) is 9.64. The number of hydrogen-bond donors (Lipinski definition) is 1. The lowest BCUT2D eigenvalue weighted by atomic mass is 10.1. The van der Waals surface area contributed by atoms with Crippen LogP contribution in [-0.2, 0) is 11.3 Å². The third kappa shape index (κ3) is 4.48. The Morgan fingerprint density at radius 2 is 1.86 bits per heavy atom. The van der Waals surface area contributed by atoms with Gasteiger partial charge in [0.2, 0.25) is 5.91 Å². The minimum absolute atomic E-state index is 0.0755. The number of Topliss-reactive ketones (excluding diaryl/α,β-unsaturated/α-hetero) is 1. The van der Waals surface area contributed by atoms with Gasteiger partial charge in [0.15, 0.2) is 5.78 Å². The topological polar surface area (TPSA) is 54.7 Å². The standard InChI is InChI=1S/C21H23N3O2S2/c1-15-6-8-19(27-15)17(25)7-9-21(26)24-12-10-23(11-13-24)14-20-22-16-4-2-3-5-18(16)28-20/h2-6,8H,7,9-14H2,1H3/p+1. The van der Waals surface area contributed by atoms with E-state index < -0.39 is 0 Å². The van der Waals surface area contributed by atoms with E-state index in [0.717, 1.165) is 53.0 Å². The van der Waals surface area contributed by atoms with Crippen LogP contribution in [0.25, 0.3) is 10.2 Å². The van der Waals surface area contributed by atoms with E-state index in [2.05, 4.69) is 12.1 Å². The third-order valence-electron chi connectivity index (χ3n) is 5.14. The number of rotatable bonds is 6. The van der Waals surface area contributed by atoms with Crippen LogP contribution in [0.3, 0.4) is 0 Å². The van der Waals surface area contributed by atoms with E-state index in [1.807, 2.05) is 36.1 Å². The van der Waals surface area contributed by atoms with Crippen molar-refractivity contribution in [3.05, 3.63) is 51.2 Å². The molecule has 0 atom stereocenters. The zero-order valence-corrected chi connectivity index (χ0v) is 17.6. The fraction of sp³-hybridized carbons (Fsp3) is 0.381. The molecule has 3 aromatic rings. The van der Waals surface area contributed by atoms with Crippen molar-refractivity contribution in [1.29, 1.82) is 0 Å². The van der Waals surface area contributed by atoms with Gasteiger partial charge < -0.3 is 9.80 Å². The van der Waals surface area contributed by atoms with Gasteiger partial charge in [0, 0.05) is 17.7 Å². The van der Waals surface area contributed by atoms with Crippen LogP contribution in [0, 0.1) is 6.92 Å². The summed E-state index contributed by atoms with van der Waals surface area (Å²) in [4.78, 5) is 34.7. The Morgan fingerprint density at radius 3 is 2.57 bits per heavy atom. The summed E-state index contributed by atoms with van der Waals surface area (Å²) in [6.07, 6.45) is 0.612. The van der Waals surface area contributed by atoms with E-state index >= 15 is 0 Å². The van der Waals surface area contributed by atoms with Crippen molar-refractivity contribution in [2.45, 2.75) is 26.3 Å². The van der Waals surface area contributed by atoms with E-state index in [4.69, 9.17) is 4.98 Å². The molecule has 7 heteroatoms. The van der Waals surface area contributed by atoms with Gasteiger partial charge in [-0.3, -0.25) is 9.59 Å². The highest BCUT2D eigenvalue weighted by atomic mass is 32.1. The van der Waals surface area contributed by atoms with Crippen LogP contribution in [0.5, 0.6) is 0 Å². The summed E-state index contributed by atoms with van der Waals surface area (Å²) < 4.78 is 1.23. The molecule has 3 heterocycles. The number of hydrogen-bond acceptors (Lipinski definition) is 5. The Bertz CT molecular complexity index is 953. The number of piperazine rings is 1. The third-order valence-corrected chi connectivity index (χ3v) is 7.22. The summed E-state index contributed by atoms with van der Waals surface area (Å²) in [5, 5.41) is 1.16. The fourth-order valence-electron chi connectivity index (χ4n) is 3.54. The van der Waals surface area contributed by atoms with Crippen molar-refractivity contribution >= 4 is 44.6 Å². The first-order valence-corrected chi connectivity index (χ1v) is 11.3. The molecule has 0 aliphatic carbocycles. The number of benzene rings is 1. The van der Waals surface area contributed by atoms with Crippen LogP contribution < -0.4 is 4.90 Å². The average Bonchev–Trinajstić information content (AvgIpc) is 3.32. The van der Waals surface area contributed by atoms with Gasteiger partial charge in [-0.05, 0) is 31.2 Å². The smallest absolute Gasteiger partial charge is 0.223 e. The SMILES string of the molecule is Cc1ccc(C(=O)CCC(=O)N2CC[NH+](Cc3nc4ccccc4s3)CC2)s1. The highest BCUT2D eigenvalue weighted by Gasteiger charge is 2.25. The number of thiophene rings is 1. The molecule has 0 saturated carbocycles. The van der Waals surface area contributed by atoms with Crippen LogP contribution in [0.2, 0.25) is 0 Å². The number of amides is 1. The predicted molar refractivity (Wildman–Crippen MR) is 113 cm³/mol. The van der Waals surface area contributed by atoms with Gasteiger partial charge in [-0.2, -0.15) is 0 Å². The van der Waals surface area contributed by atoms with Gasteiger partial charge in [-0.25, -0.2) is 4.98 Å². The molecule has 0 unspecified atom stereocenters. The molecular formula is C21H24N3O2S2+. The molecule has 0 radical (unpaired) electrons. The molecule has 1 aromatic carbocycles. The second-order valence-electron chi connectivity index (χ2n) is 7.22. The second kappa shape index (κ2) is 8.51. The number of aromatic nitrogens is 1. The molecular weight excluding hydrogens is 390 g/mol. The van der Waals surface area contributed by atoms with Crippen LogP contribution in [0.1, 0.15) is 32.4 Å². The number of nitrogens with zero attached hydrogens (tertiary/aromatic N) is 2. The molecule has 4 rings (SSSR count). The lowest BCUT2D eigenvalue weighted by Crippen LogP contribution is -3.13. The number of thiazole rings is 1. The monoisotopic (exact) mass is 414 g/mol. The van der Waals surface area contributed by atoms with Crippen molar-refractivity contribution in [3.63, 3.8) is 0 Å². The quantitative estimate of drug-likeness (QED) is 0.631. The lowest BCUT2D eigenvalue weighted by Gasteiger charge is -2.31. The first kappa shape index (κ1) is 19.2. The lowest BCUT2D eigenvalue weighted by molar-refractivity contribution is -0.917. The maximum absolute atomic E-state index is 12.5. The number of nitrogens with one attached hydrogen (secondary N) is 1. The second-order valence-corrected chi connectivity index (χ2v) is 9.62. The van der Waals surface area contributed by atoms with Crippen molar-refractivity contribution in [3.8, 4) is 0 Å². The van der Waals surface area contributed by atoms with Crippen molar-refractivity contribution in [2.75, 3.05) is 26.2 Å². The van der Waals surface area contributed by atoms with Gasteiger partial charge >= 0.3 is 0 Å². The van der Waals surface area contributed by atoms with Crippen LogP contribution >= 0.6 is 22.7 Å². The summed E-state index contributed by atoms with van der Waals surface area (Å²) in [6, 6.07) is 12.0. The molecule has 2 aromatic heterocycles. The summed E-state index contributed by atoms with van der Waals surface area (Å²) in [5.74, 6) is 0.173. The van der Waals surface area contributed by atoms with Crippen LogP contribution in [-0.4, -0.2) is 47.8 Å². The highest BCUT2D eigenvalue weighted by molar-refractivity contribution is 7.18. The molecule has 0 bridgehead atoms. The maximum Gasteiger partial charge on any atom is 0.223 e. The van der Waals surface area contributed by atoms with Crippen LogP contribution in [0.4, 0.5) is 0 Å². The number of para-hydroxylation sites is 1. The zero-order chi connectivity index (χ0) is 19.5. The molecule has 1 N–H and O–H groups in total. The summed E-state index contributed by atoms with van der Waals surface area (Å²) in [7, 11) is 0. The Morgan fingerprint density at radius 1 is 1.07 bits per heavy atom. The Kier molecular flexibility index (Phi) is 5.85. The molecule has 146 valence electrons. The zero-order valence-electron chi connectivity index (χ0n) is 15.9. The Balaban J connectivity index is 1.24. The maximum atomic E-state index is 12.5. The fourth-order valence-corrected chi connectivity index (χ4v) is 5.42. The summed E-state index contributed by atoms with van der Waals surface area (Å²) in [5.41, 5.74) is 1.07. The first-order chi connectivity index (χ1) is 13.6. The molecule has 28 heavy (non-hydrogen) atoms. The van der Waals surface area contributed by atoms with E-state index in [1.165, 1.54) is 20.9 Å². The Hall–Kier alpha value is -2.09. The molecule has 0 spiro atoms. The van der Waals surface area contributed by atoms with Crippen molar-refractivity contribution < 1.29 is 14.5 Å². The summed E-state index contributed by atoms with van der Waals surface area (Å²) >= 11 is 3.26. The van der Waals surface area contributed by atoms with Crippen molar-refractivity contribution in [1.82, 2.24) is 9.88 Å². The normalized spacial score (nSPS) is 15.2. The minimum atomic E-state index is 0.0755.